The molecule has 3 N–H and O–H groups in total. The Morgan fingerprint density at radius 1 is 1.48 bits per heavy atom. The molecule has 25 heavy (non-hydrogen) atoms. The fourth-order valence-corrected chi connectivity index (χ4v) is 2.51. The number of aromatic nitrogens is 2. The van der Waals surface area contributed by atoms with E-state index in [-0.39, 0.29) is 12.5 Å². The summed E-state index contributed by atoms with van der Waals surface area (Å²) in [5.41, 5.74) is -1.29. The number of hydrogen-bond acceptors (Lipinski definition) is 6. The first-order valence-electron chi connectivity index (χ1n) is 8.51. The fraction of sp³-hybridized carbons (Fsp3) is 0.588. The molecule has 2 aromatic rings. The van der Waals surface area contributed by atoms with Gasteiger partial charge < -0.3 is 24.7 Å². The lowest BCUT2D eigenvalue weighted by molar-refractivity contribution is 0.0365. The molecule has 2 unspecified atom stereocenters. The second-order valence-electron chi connectivity index (χ2n) is 7.06. The molecule has 8 heteroatoms. The molecule has 2 aromatic heterocycles. The number of carbonyl (C=O) groups is 1. The Balaban J connectivity index is 1.58. The molecule has 1 aliphatic carbocycles. The third-order valence-electron chi connectivity index (χ3n) is 4.26. The van der Waals surface area contributed by atoms with Crippen molar-refractivity contribution < 1.29 is 18.8 Å². The number of carbonyl (C=O) groups excluding carboxylic acids is 1. The molecule has 0 radical (unpaired) electrons. The molecule has 2 atom stereocenters. The first-order valence-corrected chi connectivity index (χ1v) is 8.51. The van der Waals surface area contributed by atoms with Gasteiger partial charge in [0.2, 0.25) is 5.89 Å². The van der Waals surface area contributed by atoms with E-state index < -0.39 is 17.7 Å². The van der Waals surface area contributed by atoms with Crippen molar-refractivity contribution in [2.75, 3.05) is 6.54 Å². The first kappa shape index (κ1) is 17.5. The fourth-order valence-electron chi connectivity index (χ4n) is 2.51. The van der Waals surface area contributed by atoms with Crippen LogP contribution in [0.2, 0.25) is 0 Å². The summed E-state index contributed by atoms with van der Waals surface area (Å²) in [6.07, 6.45) is 3.65. The average Bonchev–Trinajstić information content (AvgIpc) is 3.06. The number of aliphatic hydroxyl groups is 1. The Bertz CT molecular complexity index is 704. The van der Waals surface area contributed by atoms with E-state index >= 15 is 0 Å². The highest BCUT2D eigenvalue weighted by molar-refractivity contribution is 5.74. The van der Waals surface area contributed by atoms with Crippen LogP contribution in [0.5, 0.6) is 0 Å². The monoisotopic (exact) mass is 348 g/mol. The molecule has 8 nitrogen and oxygen atoms in total. The molecular formula is C17H24N4O4. The molecular weight excluding hydrogens is 324 g/mol. The Labute approximate surface area is 146 Å². The summed E-state index contributed by atoms with van der Waals surface area (Å²) in [5.74, 6) is 1.97. The van der Waals surface area contributed by atoms with Gasteiger partial charge in [-0.2, -0.15) is 4.98 Å². The highest BCUT2D eigenvalue weighted by Crippen LogP contribution is 2.38. The zero-order valence-electron chi connectivity index (χ0n) is 14.7. The maximum Gasteiger partial charge on any atom is 0.315 e. The van der Waals surface area contributed by atoms with E-state index in [1.807, 2.05) is 13.8 Å². The van der Waals surface area contributed by atoms with Crippen LogP contribution in [0.15, 0.2) is 27.3 Å². The third-order valence-corrected chi connectivity index (χ3v) is 4.26. The van der Waals surface area contributed by atoms with Gasteiger partial charge in [-0.1, -0.05) is 19.0 Å². The van der Waals surface area contributed by atoms with Gasteiger partial charge in [0.25, 0.3) is 0 Å². The Kier molecular flexibility index (Phi) is 4.80. The van der Waals surface area contributed by atoms with Crippen molar-refractivity contribution in [1.82, 2.24) is 20.8 Å². The van der Waals surface area contributed by atoms with Crippen molar-refractivity contribution in [1.29, 1.82) is 0 Å². The summed E-state index contributed by atoms with van der Waals surface area (Å²) in [5, 5.41) is 19.9. The van der Waals surface area contributed by atoms with Crippen molar-refractivity contribution in [3.05, 3.63) is 35.9 Å². The van der Waals surface area contributed by atoms with Crippen molar-refractivity contribution in [2.24, 2.45) is 5.92 Å². The molecule has 1 aliphatic rings. The molecule has 0 aliphatic heterocycles. The van der Waals surface area contributed by atoms with Crippen LogP contribution >= 0.6 is 0 Å². The van der Waals surface area contributed by atoms with Gasteiger partial charge in [0.05, 0.1) is 12.8 Å². The molecule has 2 amide bonds. The lowest BCUT2D eigenvalue weighted by Gasteiger charge is -2.23. The van der Waals surface area contributed by atoms with Gasteiger partial charge in [-0.25, -0.2) is 4.79 Å². The van der Waals surface area contributed by atoms with E-state index in [4.69, 9.17) is 8.94 Å². The minimum absolute atomic E-state index is 0.00825. The number of amides is 2. The standard InChI is InChI=1S/C17H24N4O4/c1-10(2)13(15-20-14(21-25-15)11-6-7-11)19-16(22)18-9-17(3,23)12-5-4-8-24-12/h4-5,8,10-11,13,23H,6-7,9H2,1-3H3,(H2,18,19,22). The number of nitrogens with zero attached hydrogens (tertiary/aromatic N) is 2. The van der Waals surface area contributed by atoms with Gasteiger partial charge in [-0.15, -0.1) is 0 Å². The van der Waals surface area contributed by atoms with Crippen LogP contribution in [0.25, 0.3) is 0 Å². The van der Waals surface area contributed by atoms with E-state index in [1.54, 1.807) is 19.1 Å². The molecule has 0 spiro atoms. The van der Waals surface area contributed by atoms with E-state index in [2.05, 4.69) is 20.8 Å². The van der Waals surface area contributed by atoms with Gasteiger partial charge >= 0.3 is 6.03 Å². The SMILES string of the molecule is CC(C)C(NC(=O)NCC(C)(O)c1ccco1)c1nc(C2CC2)no1. The molecule has 1 saturated carbocycles. The van der Waals surface area contributed by atoms with E-state index in [0.29, 0.717) is 23.4 Å². The number of nitrogens with one attached hydrogen (secondary N) is 2. The molecule has 0 saturated heterocycles. The van der Waals surface area contributed by atoms with Gasteiger partial charge in [0.15, 0.2) is 5.82 Å². The zero-order valence-corrected chi connectivity index (χ0v) is 14.7. The van der Waals surface area contributed by atoms with Crippen molar-refractivity contribution in [3.8, 4) is 0 Å². The van der Waals surface area contributed by atoms with Crippen LogP contribution in [-0.4, -0.2) is 27.8 Å². The Morgan fingerprint density at radius 3 is 2.84 bits per heavy atom. The third kappa shape index (κ3) is 4.19. The molecule has 2 heterocycles. The second kappa shape index (κ2) is 6.87. The lowest BCUT2D eigenvalue weighted by Crippen LogP contribution is -2.45. The first-order chi connectivity index (χ1) is 11.9. The molecule has 0 bridgehead atoms. The predicted octanol–water partition coefficient (Wildman–Crippen LogP) is 2.44. The number of rotatable bonds is 7. The van der Waals surface area contributed by atoms with Crippen molar-refractivity contribution in [2.45, 2.75) is 51.2 Å². The summed E-state index contributed by atoms with van der Waals surface area (Å²) in [6.45, 7) is 5.51. The van der Waals surface area contributed by atoms with E-state index in [0.717, 1.165) is 12.8 Å². The molecule has 1 fully saturated rings. The highest BCUT2D eigenvalue weighted by atomic mass is 16.5. The van der Waals surface area contributed by atoms with Gasteiger partial charge in [0.1, 0.15) is 17.4 Å². The highest BCUT2D eigenvalue weighted by Gasteiger charge is 2.32. The maximum absolute atomic E-state index is 12.2. The van der Waals surface area contributed by atoms with Crippen LogP contribution in [0.3, 0.4) is 0 Å². The number of hydrogen-bond donors (Lipinski definition) is 3. The van der Waals surface area contributed by atoms with Crippen LogP contribution in [0.1, 0.15) is 63.0 Å². The summed E-state index contributed by atoms with van der Waals surface area (Å²) in [4.78, 5) is 16.7. The molecule has 3 rings (SSSR count). The van der Waals surface area contributed by atoms with Crippen LogP contribution in [0, 0.1) is 5.92 Å². The van der Waals surface area contributed by atoms with Gasteiger partial charge in [0, 0.05) is 5.92 Å². The largest absolute Gasteiger partial charge is 0.466 e. The zero-order chi connectivity index (χ0) is 18.0. The smallest absolute Gasteiger partial charge is 0.315 e. The second-order valence-corrected chi connectivity index (χ2v) is 7.06. The Hall–Kier alpha value is -2.35. The minimum atomic E-state index is -1.29. The topological polar surface area (TPSA) is 113 Å². The van der Waals surface area contributed by atoms with Gasteiger partial charge in [-0.3, -0.25) is 0 Å². The quantitative estimate of drug-likeness (QED) is 0.708. The summed E-state index contributed by atoms with van der Waals surface area (Å²) in [7, 11) is 0. The molecule has 0 aromatic carbocycles. The normalized spacial score (nSPS) is 18.0. The van der Waals surface area contributed by atoms with E-state index in [9.17, 15) is 9.90 Å². The summed E-state index contributed by atoms with van der Waals surface area (Å²) in [6, 6.07) is 2.53. The predicted molar refractivity (Wildman–Crippen MR) is 88.7 cm³/mol. The van der Waals surface area contributed by atoms with Crippen LogP contribution in [0.4, 0.5) is 4.79 Å². The van der Waals surface area contributed by atoms with Crippen LogP contribution in [-0.2, 0) is 5.60 Å². The lowest BCUT2D eigenvalue weighted by atomic mass is 10.0. The summed E-state index contributed by atoms with van der Waals surface area (Å²) >= 11 is 0. The van der Waals surface area contributed by atoms with Gasteiger partial charge in [-0.05, 0) is 37.8 Å². The maximum atomic E-state index is 12.2. The average molecular weight is 348 g/mol. The van der Waals surface area contributed by atoms with Crippen LogP contribution < -0.4 is 10.6 Å². The number of furan rings is 1. The minimum Gasteiger partial charge on any atom is -0.466 e. The number of urea groups is 1. The van der Waals surface area contributed by atoms with E-state index in [1.165, 1.54) is 6.26 Å². The van der Waals surface area contributed by atoms with Crippen molar-refractivity contribution in [3.63, 3.8) is 0 Å². The van der Waals surface area contributed by atoms with Crippen molar-refractivity contribution >= 4 is 6.03 Å². The molecule has 136 valence electrons. The Morgan fingerprint density at radius 2 is 2.24 bits per heavy atom. The summed E-state index contributed by atoms with van der Waals surface area (Å²) < 4.78 is 10.5.